The van der Waals surface area contributed by atoms with Crippen LogP contribution in [0.3, 0.4) is 0 Å². The Labute approximate surface area is 141 Å². The number of ether oxygens (including phenoxy) is 1. The van der Waals surface area contributed by atoms with Crippen molar-refractivity contribution in [3.8, 4) is 17.0 Å². The van der Waals surface area contributed by atoms with Crippen LogP contribution in [0, 0.1) is 6.92 Å². The highest BCUT2D eigenvalue weighted by Gasteiger charge is 2.12. The summed E-state index contributed by atoms with van der Waals surface area (Å²) in [6.07, 6.45) is 1.92. The van der Waals surface area contributed by atoms with Gasteiger partial charge in [-0.1, -0.05) is 12.1 Å². The molecule has 0 saturated carbocycles. The standard InChI is InChI=1S/C18H23N5O/c1-12(17-11-20-23(3)13(17)2)19-10-15-9-18(22-21-15)14-6-5-7-16(8-14)24-4/h5-9,11-12,19H,10H2,1-4H3,(H,21,22). The van der Waals surface area contributed by atoms with Crippen LogP contribution in [-0.4, -0.2) is 27.1 Å². The molecule has 2 N–H and O–H groups in total. The fraction of sp³-hybridized carbons (Fsp3) is 0.333. The van der Waals surface area contributed by atoms with Gasteiger partial charge in [0.1, 0.15) is 5.75 Å². The molecule has 1 aromatic carbocycles. The Morgan fingerprint density at radius 2 is 2.17 bits per heavy atom. The highest BCUT2D eigenvalue weighted by molar-refractivity contribution is 5.61. The van der Waals surface area contributed by atoms with E-state index in [0.29, 0.717) is 6.54 Å². The van der Waals surface area contributed by atoms with Gasteiger partial charge in [-0.3, -0.25) is 9.78 Å². The number of H-pyrrole nitrogens is 1. The van der Waals surface area contributed by atoms with Crippen LogP contribution < -0.4 is 10.1 Å². The first-order valence-electron chi connectivity index (χ1n) is 7.99. The minimum absolute atomic E-state index is 0.224. The molecule has 2 heterocycles. The van der Waals surface area contributed by atoms with Crippen LogP contribution in [0.25, 0.3) is 11.3 Å². The molecule has 0 aliphatic heterocycles. The Morgan fingerprint density at radius 3 is 2.88 bits per heavy atom. The molecule has 0 spiro atoms. The molecule has 0 saturated heterocycles. The van der Waals surface area contributed by atoms with Crippen LogP contribution in [0.4, 0.5) is 0 Å². The van der Waals surface area contributed by atoms with Gasteiger partial charge in [0, 0.05) is 42.1 Å². The molecule has 3 rings (SSSR count). The first-order chi connectivity index (χ1) is 11.6. The first kappa shape index (κ1) is 16.3. The van der Waals surface area contributed by atoms with Crippen molar-refractivity contribution in [2.45, 2.75) is 26.4 Å². The number of methoxy groups -OCH3 is 1. The summed E-state index contributed by atoms with van der Waals surface area (Å²) >= 11 is 0. The lowest BCUT2D eigenvalue weighted by Crippen LogP contribution is -2.18. The zero-order valence-electron chi connectivity index (χ0n) is 14.5. The van der Waals surface area contributed by atoms with E-state index in [1.54, 1.807) is 7.11 Å². The number of aromatic amines is 1. The van der Waals surface area contributed by atoms with Crippen LogP contribution in [0.15, 0.2) is 36.5 Å². The quantitative estimate of drug-likeness (QED) is 0.731. The predicted molar refractivity (Wildman–Crippen MR) is 93.8 cm³/mol. The molecule has 1 unspecified atom stereocenters. The summed E-state index contributed by atoms with van der Waals surface area (Å²) in [7, 11) is 3.63. The lowest BCUT2D eigenvalue weighted by atomic mass is 10.1. The van der Waals surface area contributed by atoms with E-state index in [-0.39, 0.29) is 6.04 Å². The van der Waals surface area contributed by atoms with Crippen LogP contribution in [0.5, 0.6) is 5.75 Å². The van der Waals surface area contributed by atoms with Gasteiger partial charge in [-0.05, 0) is 32.0 Å². The minimum Gasteiger partial charge on any atom is -0.497 e. The van der Waals surface area contributed by atoms with Crippen LogP contribution in [0.2, 0.25) is 0 Å². The summed E-state index contributed by atoms with van der Waals surface area (Å²) in [5, 5.41) is 15.3. The molecule has 3 aromatic rings. The molecule has 1 atom stereocenters. The Kier molecular flexibility index (Phi) is 4.66. The van der Waals surface area contributed by atoms with Crippen LogP contribution in [-0.2, 0) is 13.6 Å². The van der Waals surface area contributed by atoms with Crippen molar-refractivity contribution in [1.82, 2.24) is 25.3 Å². The maximum Gasteiger partial charge on any atom is 0.119 e. The van der Waals surface area contributed by atoms with Crippen molar-refractivity contribution in [3.05, 3.63) is 53.5 Å². The molecule has 6 heteroatoms. The third kappa shape index (κ3) is 3.33. The fourth-order valence-corrected chi connectivity index (χ4v) is 2.70. The lowest BCUT2D eigenvalue weighted by Gasteiger charge is -2.12. The van der Waals surface area contributed by atoms with E-state index in [4.69, 9.17) is 4.74 Å². The fourth-order valence-electron chi connectivity index (χ4n) is 2.70. The van der Waals surface area contributed by atoms with Crippen molar-refractivity contribution in [1.29, 1.82) is 0 Å². The van der Waals surface area contributed by atoms with Gasteiger partial charge in [0.05, 0.1) is 19.0 Å². The number of nitrogens with zero attached hydrogens (tertiary/aromatic N) is 3. The average Bonchev–Trinajstić information content (AvgIpc) is 3.21. The maximum absolute atomic E-state index is 5.27. The molecular formula is C18H23N5O. The smallest absolute Gasteiger partial charge is 0.119 e. The van der Waals surface area contributed by atoms with Crippen molar-refractivity contribution >= 4 is 0 Å². The van der Waals surface area contributed by atoms with E-state index in [1.807, 2.05) is 42.2 Å². The zero-order chi connectivity index (χ0) is 17.1. The van der Waals surface area contributed by atoms with Crippen molar-refractivity contribution in [2.24, 2.45) is 7.05 Å². The van der Waals surface area contributed by atoms with E-state index in [2.05, 4.69) is 40.5 Å². The molecule has 6 nitrogen and oxygen atoms in total. The van der Waals surface area contributed by atoms with E-state index in [9.17, 15) is 0 Å². The summed E-state index contributed by atoms with van der Waals surface area (Å²) in [6, 6.07) is 10.2. The van der Waals surface area contributed by atoms with Crippen molar-refractivity contribution in [3.63, 3.8) is 0 Å². The summed E-state index contributed by atoms with van der Waals surface area (Å²) in [5.41, 5.74) is 5.38. The number of hydrogen-bond donors (Lipinski definition) is 2. The van der Waals surface area contributed by atoms with Crippen LogP contribution in [0.1, 0.15) is 29.9 Å². The van der Waals surface area contributed by atoms with E-state index in [0.717, 1.165) is 22.7 Å². The van der Waals surface area contributed by atoms with Gasteiger partial charge in [-0.2, -0.15) is 10.2 Å². The Bertz CT molecular complexity index is 820. The highest BCUT2D eigenvalue weighted by Crippen LogP contribution is 2.23. The van der Waals surface area contributed by atoms with Gasteiger partial charge in [-0.15, -0.1) is 0 Å². The van der Waals surface area contributed by atoms with Gasteiger partial charge in [0.25, 0.3) is 0 Å². The largest absolute Gasteiger partial charge is 0.497 e. The highest BCUT2D eigenvalue weighted by atomic mass is 16.5. The Morgan fingerprint density at radius 1 is 1.33 bits per heavy atom. The molecule has 0 aliphatic rings. The molecule has 0 amide bonds. The number of aryl methyl sites for hydroxylation is 1. The number of benzene rings is 1. The molecule has 24 heavy (non-hydrogen) atoms. The summed E-state index contributed by atoms with van der Waals surface area (Å²) in [4.78, 5) is 0. The van der Waals surface area contributed by atoms with Crippen molar-refractivity contribution in [2.75, 3.05) is 7.11 Å². The van der Waals surface area contributed by atoms with Gasteiger partial charge in [-0.25, -0.2) is 0 Å². The zero-order valence-corrected chi connectivity index (χ0v) is 14.5. The second-order valence-corrected chi connectivity index (χ2v) is 5.92. The van der Waals surface area contributed by atoms with Crippen LogP contribution >= 0.6 is 0 Å². The normalized spacial score (nSPS) is 12.3. The molecule has 0 aliphatic carbocycles. The SMILES string of the molecule is COc1cccc(-c2cc(CNC(C)c3cnn(C)c3C)[nH]n2)c1. The predicted octanol–water partition coefficient (Wildman–Crippen LogP) is 2.98. The van der Waals surface area contributed by atoms with Gasteiger partial charge >= 0.3 is 0 Å². The number of nitrogens with one attached hydrogen (secondary N) is 2. The minimum atomic E-state index is 0.224. The number of rotatable bonds is 6. The monoisotopic (exact) mass is 325 g/mol. The van der Waals surface area contributed by atoms with E-state index in [1.165, 1.54) is 11.3 Å². The molecular weight excluding hydrogens is 302 g/mol. The molecule has 0 bridgehead atoms. The Hall–Kier alpha value is -2.60. The molecule has 0 radical (unpaired) electrons. The summed E-state index contributed by atoms with van der Waals surface area (Å²) in [5.74, 6) is 0.829. The average molecular weight is 325 g/mol. The third-order valence-corrected chi connectivity index (χ3v) is 4.33. The molecule has 2 aromatic heterocycles. The molecule has 0 fully saturated rings. The van der Waals surface area contributed by atoms with Crippen molar-refractivity contribution < 1.29 is 4.74 Å². The number of aromatic nitrogens is 4. The van der Waals surface area contributed by atoms with E-state index >= 15 is 0 Å². The Balaban J connectivity index is 1.67. The van der Waals surface area contributed by atoms with E-state index < -0.39 is 0 Å². The maximum atomic E-state index is 5.27. The summed E-state index contributed by atoms with van der Waals surface area (Å²) < 4.78 is 7.16. The van der Waals surface area contributed by atoms with Gasteiger partial charge in [0.15, 0.2) is 0 Å². The topological polar surface area (TPSA) is 67.8 Å². The summed E-state index contributed by atoms with van der Waals surface area (Å²) in [6.45, 7) is 4.94. The number of hydrogen-bond acceptors (Lipinski definition) is 4. The first-order valence-corrected chi connectivity index (χ1v) is 7.99. The second-order valence-electron chi connectivity index (χ2n) is 5.92. The lowest BCUT2D eigenvalue weighted by molar-refractivity contribution is 0.415. The van der Waals surface area contributed by atoms with Gasteiger partial charge in [0.2, 0.25) is 0 Å². The third-order valence-electron chi connectivity index (χ3n) is 4.33. The molecule has 126 valence electrons. The second kappa shape index (κ2) is 6.88. The van der Waals surface area contributed by atoms with Gasteiger partial charge < -0.3 is 10.1 Å².